The highest BCUT2D eigenvalue weighted by Crippen LogP contribution is 2.44. The van der Waals surface area contributed by atoms with Gasteiger partial charge in [0, 0.05) is 19.5 Å². The lowest BCUT2D eigenvalue weighted by molar-refractivity contribution is -0.0361. The molecule has 0 unspecified atom stereocenters. The number of hydrogen-bond acceptors (Lipinski definition) is 5. The van der Waals surface area contributed by atoms with Crippen molar-refractivity contribution in [1.29, 1.82) is 0 Å². The van der Waals surface area contributed by atoms with Gasteiger partial charge in [0.2, 0.25) is 0 Å². The number of benzene rings is 2. The minimum atomic E-state index is -0.567. The Kier molecular flexibility index (Phi) is 6.11. The van der Waals surface area contributed by atoms with E-state index in [1.165, 1.54) is 22.3 Å². The highest BCUT2D eigenvalue weighted by atomic mass is 16.6. The monoisotopic (exact) mass is 437 g/mol. The smallest absolute Gasteiger partial charge is 0.424 e. The van der Waals surface area contributed by atoms with Crippen LogP contribution in [0.2, 0.25) is 0 Å². The predicted octanol–water partition coefficient (Wildman–Crippen LogP) is 4.38. The molecule has 0 aromatic heterocycles. The van der Waals surface area contributed by atoms with Crippen LogP contribution in [0.15, 0.2) is 48.5 Å². The summed E-state index contributed by atoms with van der Waals surface area (Å²) in [6.07, 6.45) is -0.160. The minimum Gasteiger partial charge on any atom is -0.447 e. The fraction of sp³-hybridized carbons (Fsp3) is 0.440. The molecule has 7 heteroatoms. The number of hydrogen-bond donors (Lipinski definition) is 1. The van der Waals surface area contributed by atoms with Crippen molar-refractivity contribution in [2.45, 2.75) is 44.8 Å². The molecule has 1 N–H and O–H groups in total. The van der Waals surface area contributed by atoms with Gasteiger partial charge >= 0.3 is 12.2 Å². The summed E-state index contributed by atoms with van der Waals surface area (Å²) in [5.41, 5.74) is 4.18. The normalized spacial score (nSPS) is 18.6. The molecule has 2 aliphatic rings. The van der Waals surface area contributed by atoms with Gasteiger partial charge in [0.05, 0.1) is 12.6 Å². The third-order valence-corrected chi connectivity index (χ3v) is 5.87. The number of nitrogens with one attached hydrogen (secondary N) is 1. The second kappa shape index (κ2) is 8.82. The molecule has 4 rings (SSSR count). The fourth-order valence-corrected chi connectivity index (χ4v) is 4.38. The molecule has 1 atom stereocenters. The largest absolute Gasteiger partial charge is 0.447 e. The summed E-state index contributed by atoms with van der Waals surface area (Å²) in [6.45, 7) is 6.71. The molecule has 2 aromatic rings. The van der Waals surface area contributed by atoms with E-state index in [4.69, 9.17) is 9.47 Å². The molecule has 1 heterocycles. The Hall–Kier alpha value is -3.06. The number of nitrogens with zero attached hydrogens (tertiary/aromatic N) is 2. The van der Waals surface area contributed by atoms with Gasteiger partial charge in [0.1, 0.15) is 12.2 Å². The summed E-state index contributed by atoms with van der Waals surface area (Å²) in [6, 6.07) is 16.3. The van der Waals surface area contributed by atoms with Crippen LogP contribution < -0.4 is 5.32 Å². The number of carbonyl (C=O) groups excluding carboxylic acids is 2. The number of amides is 2. The first kappa shape index (κ1) is 22.1. The lowest BCUT2D eigenvalue weighted by Gasteiger charge is -2.39. The summed E-state index contributed by atoms with van der Waals surface area (Å²) < 4.78 is 11.1. The quantitative estimate of drug-likeness (QED) is 0.772. The second-order valence-electron chi connectivity index (χ2n) is 9.40. The Morgan fingerprint density at radius 1 is 1.03 bits per heavy atom. The van der Waals surface area contributed by atoms with E-state index in [0.29, 0.717) is 13.1 Å². The van der Waals surface area contributed by atoms with E-state index < -0.39 is 17.8 Å². The Labute approximate surface area is 189 Å². The van der Waals surface area contributed by atoms with Gasteiger partial charge in [-0.2, -0.15) is 0 Å². The van der Waals surface area contributed by atoms with Gasteiger partial charge in [-0.3, -0.25) is 0 Å². The summed E-state index contributed by atoms with van der Waals surface area (Å²) in [5, 5.41) is 6.26. The molecule has 2 aromatic carbocycles. The zero-order valence-corrected chi connectivity index (χ0v) is 19.1. The number of rotatable bonds is 3. The molecular formula is C25H31N3O4. The molecule has 1 aliphatic carbocycles. The van der Waals surface area contributed by atoms with Crippen molar-refractivity contribution in [3.8, 4) is 11.1 Å². The topological polar surface area (TPSA) is 71.1 Å². The summed E-state index contributed by atoms with van der Waals surface area (Å²) in [5.74, 6) is 0.0112. The number of fused-ring (bicyclic) bond motifs is 3. The van der Waals surface area contributed by atoms with E-state index in [-0.39, 0.29) is 18.6 Å². The average Bonchev–Trinajstić information content (AvgIpc) is 3.06. The van der Waals surface area contributed by atoms with E-state index in [0.717, 1.165) is 6.42 Å². The van der Waals surface area contributed by atoms with E-state index in [1.54, 1.807) is 5.01 Å². The van der Waals surface area contributed by atoms with Crippen molar-refractivity contribution in [3.05, 3.63) is 59.7 Å². The van der Waals surface area contributed by atoms with Crippen LogP contribution in [0.25, 0.3) is 11.1 Å². The van der Waals surface area contributed by atoms with Crippen LogP contribution in [0.3, 0.4) is 0 Å². The molecule has 1 fully saturated rings. The lowest BCUT2D eigenvalue weighted by atomic mass is 9.98. The van der Waals surface area contributed by atoms with Crippen molar-refractivity contribution in [2.75, 3.05) is 26.7 Å². The average molecular weight is 438 g/mol. The maximum atomic E-state index is 13.0. The van der Waals surface area contributed by atoms with Crippen molar-refractivity contribution < 1.29 is 19.1 Å². The second-order valence-corrected chi connectivity index (χ2v) is 9.40. The Bertz CT molecular complexity index is 955. The highest BCUT2D eigenvalue weighted by molar-refractivity contribution is 5.79. The Morgan fingerprint density at radius 2 is 1.62 bits per heavy atom. The first-order valence-electron chi connectivity index (χ1n) is 11.1. The van der Waals surface area contributed by atoms with E-state index in [9.17, 15) is 9.59 Å². The van der Waals surface area contributed by atoms with Gasteiger partial charge in [-0.1, -0.05) is 48.5 Å². The number of ether oxygens (including phenoxy) is 2. The molecule has 32 heavy (non-hydrogen) atoms. The molecule has 0 radical (unpaired) electrons. The first-order valence-corrected chi connectivity index (χ1v) is 11.1. The van der Waals surface area contributed by atoms with E-state index in [1.807, 2.05) is 57.1 Å². The number of hydrazine groups is 1. The first-order chi connectivity index (χ1) is 15.2. The molecule has 0 saturated carbocycles. The zero-order chi connectivity index (χ0) is 22.9. The number of carbonyl (C=O) groups is 2. The Balaban J connectivity index is 1.40. The molecular weight excluding hydrogens is 406 g/mol. The van der Waals surface area contributed by atoms with Crippen LogP contribution >= 0.6 is 0 Å². The third kappa shape index (κ3) is 4.72. The molecule has 2 amide bonds. The predicted molar refractivity (Wildman–Crippen MR) is 122 cm³/mol. The van der Waals surface area contributed by atoms with E-state index in [2.05, 4.69) is 29.6 Å². The van der Waals surface area contributed by atoms with Crippen LogP contribution in [0.1, 0.15) is 44.2 Å². The van der Waals surface area contributed by atoms with Gasteiger partial charge in [0.15, 0.2) is 0 Å². The highest BCUT2D eigenvalue weighted by Gasteiger charge is 2.33. The van der Waals surface area contributed by atoms with Crippen molar-refractivity contribution >= 4 is 12.2 Å². The molecule has 170 valence electrons. The minimum absolute atomic E-state index is 0.0112. The molecule has 1 saturated heterocycles. The summed E-state index contributed by atoms with van der Waals surface area (Å²) in [7, 11) is 1.85. The van der Waals surface area contributed by atoms with Gasteiger partial charge in [-0.25, -0.2) is 19.6 Å². The van der Waals surface area contributed by atoms with Crippen molar-refractivity contribution in [1.82, 2.24) is 15.3 Å². The van der Waals surface area contributed by atoms with Gasteiger partial charge in [-0.15, -0.1) is 0 Å². The molecule has 7 nitrogen and oxygen atoms in total. The maximum Gasteiger partial charge on any atom is 0.424 e. The Morgan fingerprint density at radius 3 is 2.22 bits per heavy atom. The summed E-state index contributed by atoms with van der Waals surface area (Å²) >= 11 is 0. The SMILES string of the molecule is CN1CC[C@@H](NC(=O)OC(C)(C)C)CN1C(=O)OCC1c2ccccc2-c2ccccc21. The molecule has 1 aliphatic heterocycles. The van der Waals surface area contributed by atoms with Gasteiger partial charge in [-0.05, 0) is 49.4 Å². The van der Waals surface area contributed by atoms with Crippen molar-refractivity contribution in [2.24, 2.45) is 0 Å². The summed E-state index contributed by atoms with van der Waals surface area (Å²) in [4.78, 5) is 25.1. The van der Waals surface area contributed by atoms with Crippen molar-refractivity contribution in [3.63, 3.8) is 0 Å². The van der Waals surface area contributed by atoms with Crippen LogP contribution in [-0.2, 0) is 9.47 Å². The fourth-order valence-electron chi connectivity index (χ4n) is 4.38. The zero-order valence-electron chi connectivity index (χ0n) is 19.1. The van der Waals surface area contributed by atoms with Gasteiger partial charge in [0.25, 0.3) is 0 Å². The number of alkyl carbamates (subject to hydrolysis) is 1. The van der Waals surface area contributed by atoms with Crippen LogP contribution in [-0.4, -0.2) is 60.6 Å². The maximum absolute atomic E-state index is 13.0. The molecule has 0 bridgehead atoms. The van der Waals surface area contributed by atoms with Crippen LogP contribution in [0.4, 0.5) is 9.59 Å². The third-order valence-electron chi connectivity index (χ3n) is 5.87. The van der Waals surface area contributed by atoms with Crippen LogP contribution in [0, 0.1) is 0 Å². The van der Waals surface area contributed by atoms with Gasteiger partial charge < -0.3 is 14.8 Å². The standard InChI is InChI=1S/C25H31N3O4/c1-25(2,3)32-23(29)26-17-13-14-27(4)28(15-17)24(30)31-16-22-20-11-7-5-9-18(20)19-10-6-8-12-21(19)22/h5-12,17,22H,13-16H2,1-4H3,(H,26,29)/t17-/m1/s1. The van der Waals surface area contributed by atoms with E-state index >= 15 is 0 Å². The molecule has 0 spiro atoms. The lowest BCUT2D eigenvalue weighted by Crippen LogP contribution is -2.57. The van der Waals surface area contributed by atoms with Crippen LogP contribution in [0.5, 0.6) is 0 Å².